The second kappa shape index (κ2) is 5.18. The van der Waals surface area contributed by atoms with Crippen LogP contribution in [0.1, 0.15) is 0 Å². The van der Waals surface area contributed by atoms with E-state index in [4.69, 9.17) is 69.6 Å². The SMILES string of the molecule is O=C(OC(Cl)C(Cl)Cl)C(Cl)(Cl)Cl. The highest BCUT2D eigenvalue weighted by atomic mass is 35.6. The van der Waals surface area contributed by atoms with Crippen LogP contribution in [0, 0.1) is 0 Å². The Morgan fingerprint density at radius 1 is 1.17 bits per heavy atom. The highest BCUT2D eigenvalue weighted by Gasteiger charge is 2.35. The monoisotopic (exact) mass is 292 g/mol. The van der Waals surface area contributed by atoms with E-state index in [-0.39, 0.29) is 0 Å². The van der Waals surface area contributed by atoms with Crippen LogP contribution >= 0.6 is 69.6 Å². The Bertz CT molecular complexity index is 163. The molecule has 0 bridgehead atoms. The van der Waals surface area contributed by atoms with Gasteiger partial charge in [-0.1, -0.05) is 69.6 Å². The van der Waals surface area contributed by atoms with Gasteiger partial charge in [-0.05, 0) is 0 Å². The number of ether oxygens (including phenoxy) is 1. The van der Waals surface area contributed by atoms with Gasteiger partial charge < -0.3 is 4.74 Å². The summed E-state index contributed by atoms with van der Waals surface area (Å²) in [6, 6.07) is 0. The fraction of sp³-hybridized carbons (Fsp3) is 0.750. The van der Waals surface area contributed by atoms with Crippen LogP contribution in [0.2, 0.25) is 0 Å². The number of hydrogen-bond acceptors (Lipinski definition) is 2. The molecule has 0 aromatic heterocycles. The molecule has 0 aromatic carbocycles. The Morgan fingerprint density at radius 3 is 1.83 bits per heavy atom. The summed E-state index contributed by atoms with van der Waals surface area (Å²) in [5, 5.41) is 0. The van der Waals surface area contributed by atoms with E-state index in [1.165, 1.54) is 0 Å². The van der Waals surface area contributed by atoms with Crippen molar-refractivity contribution < 1.29 is 9.53 Å². The normalized spacial score (nSPS) is 14.6. The zero-order valence-electron chi connectivity index (χ0n) is 5.24. The zero-order chi connectivity index (χ0) is 9.94. The molecule has 0 fully saturated rings. The Kier molecular flexibility index (Phi) is 5.70. The molecule has 0 aliphatic carbocycles. The number of hydrogen-bond donors (Lipinski definition) is 0. The van der Waals surface area contributed by atoms with E-state index in [0.717, 1.165) is 0 Å². The van der Waals surface area contributed by atoms with E-state index in [9.17, 15) is 4.79 Å². The van der Waals surface area contributed by atoms with Crippen LogP contribution in [0.25, 0.3) is 0 Å². The third-order valence-corrected chi connectivity index (χ3v) is 2.17. The average molecular weight is 295 g/mol. The molecule has 0 radical (unpaired) electrons. The lowest BCUT2D eigenvalue weighted by Crippen LogP contribution is -2.27. The van der Waals surface area contributed by atoms with Gasteiger partial charge in [-0.25, -0.2) is 4.79 Å². The fourth-order valence-corrected chi connectivity index (χ4v) is 0.538. The summed E-state index contributed by atoms with van der Waals surface area (Å²) < 4.78 is 2.17. The van der Waals surface area contributed by atoms with Crippen LogP contribution in [-0.2, 0) is 9.53 Å². The lowest BCUT2D eigenvalue weighted by molar-refractivity contribution is -0.143. The number of esters is 1. The molecule has 0 saturated heterocycles. The molecule has 0 amide bonds. The predicted octanol–water partition coefficient (Wildman–Crippen LogP) is 3.27. The van der Waals surface area contributed by atoms with Gasteiger partial charge in [0.05, 0.1) is 0 Å². The number of rotatable bonds is 2. The summed E-state index contributed by atoms with van der Waals surface area (Å²) in [5.74, 6) is -1.13. The zero-order valence-corrected chi connectivity index (χ0v) is 9.77. The molecule has 12 heavy (non-hydrogen) atoms. The molecule has 0 N–H and O–H groups in total. The highest BCUT2D eigenvalue weighted by Crippen LogP contribution is 2.29. The van der Waals surface area contributed by atoms with Crippen LogP contribution in [0.3, 0.4) is 0 Å². The van der Waals surface area contributed by atoms with E-state index in [0.29, 0.717) is 0 Å². The van der Waals surface area contributed by atoms with Gasteiger partial charge in [-0.2, -0.15) is 0 Å². The molecular formula is C4H2Cl6O2. The molecule has 0 spiro atoms. The summed E-state index contributed by atoms with van der Waals surface area (Å²) in [6.45, 7) is 0. The minimum absolute atomic E-state index is 1.08. The van der Waals surface area contributed by atoms with Crippen molar-refractivity contribution in [1.82, 2.24) is 0 Å². The third kappa shape index (κ3) is 5.05. The van der Waals surface area contributed by atoms with Crippen LogP contribution in [0.15, 0.2) is 0 Å². The average Bonchev–Trinajstić information content (AvgIpc) is 1.85. The van der Waals surface area contributed by atoms with Crippen LogP contribution in [0.5, 0.6) is 0 Å². The number of carbonyl (C=O) groups is 1. The first-order chi connectivity index (χ1) is 5.25. The van der Waals surface area contributed by atoms with E-state index in [1.54, 1.807) is 0 Å². The lowest BCUT2D eigenvalue weighted by atomic mass is 10.7. The third-order valence-electron chi connectivity index (χ3n) is 0.649. The second-order valence-corrected chi connectivity index (χ2v) is 5.46. The molecular weight excluding hydrogens is 293 g/mol. The minimum atomic E-state index is -2.17. The summed E-state index contributed by atoms with van der Waals surface area (Å²) in [6.07, 6.45) is 0. The van der Waals surface area contributed by atoms with Crippen molar-refractivity contribution in [2.45, 2.75) is 14.2 Å². The van der Waals surface area contributed by atoms with Gasteiger partial charge in [0.15, 0.2) is 4.84 Å². The van der Waals surface area contributed by atoms with Crippen molar-refractivity contribution in [3.63, 3.8) is 0 Å². The maximum absolute atomic E-state index is 10.8. The summed E-state index contributed by atoms with van der Waals surface area (Å²) in [7, 11) is 0. The summed E-state index contributed by atoms with van der Waals surface area (Å²) >= 11 is 31.3. The maximum Gasteiger partial charge on any atom is 0.360 e. The Morgan fingerprint density at radius 2 is 1.58 bits per heavy atom. The predicted molar refractivity (Wildman–Crippen MR) is 51.5 cm³/mol. The molecule has 0 aromatic rings. The molecule has 8 heteroatoms. The molecule has 1 atom stereocenters. The molecule has 0 aliphatic rings. The van der Waals surface area contributed by atoms with Gasteiger partial charge in [0.1, 0.15) is 0 Å². The maximum atomic E-state index is 10.8. The van der Waals surface area contributed by atoms with Crippen LogP contribution in [0.4, 0.5) is 0 Å². The minimum Gasteiger partial charge on any atom is -0.440 e. The lowest BCUT2D eigenvalue weighted by Gasteiger charge is -2.15. The first-order valence-corrected chi connectivity index (χ1v) is 4.89. The quantitative estimate of drug-likeness (QED) is 0.577. The second-order valence-electron chi connectivity index (χ2n) is 1.59. The van der Waals surface area contributed by atoms with Crippen molar-refractivity contribution >= 4 is 75.6 Å². The smallest absolute Gasteiger partial charge is 0.360 e. The van der Waals surface area contributed by atoms with Gasteiger partial charge in [0.25, 0.3) is 3.79 Å². The van der Waals surface area contributed by atoms with Gasteiger partial charge in [0, 0.05) is 0 Å². The van der Waals surface area contributed by atoms with E-state index in [2.05, 4.69) is 4.74 Å². The van der Waals surface area contributed by atoms with Gasteiger partial charge in [-0.15, -0.1) is 0 Å². The number of carbonyl (C=O) groups excluding carboxylic acids is 1. The molecule has 72 valence electrons. The fourth-order valence-electron chi connectivity index (χ4n) is 0.221. The van der Waals surface area contributed by atoms with Crippen molar-refractivity contribution in [2.24, 2.45) is 0 Å². The van der Waals surface area contributed by atoms with Gasteiger partial charge in [0.2, 0.25) is 5.56 Å². The molecule has 0 saturated carbocycles. The topological polar surface area (TPSA) is 26.3 Å². The number of alkyl halides is 6. The first-order valence-electron chi connectivity index (χ1n) is 2.45. The standard InChI is InChI=1S/C4H2Cl6O2/c5-1(6)2(7)12-3(11)4(8,9)10/h1-2H. The van der Waals surface area contributed by atoms with Crippen molar-refractivity contribution in [3.8, 4) is 0 Å². The Balaban J connectivity index is 4.02. The Hall–Kier alpha value is 1.21. The summed E-state index contributed by atoms with van der Waals surface area (Å²) in [5.41, 5.74) is -1.24. The first kappa shape index (κ1) is 13.2. The van der Waals surface area contributed by atoms with Crippen LogP contribution in [-0.4, -0.2) is 20.2 Å². The van der Waals surface area contributed by atoms with E-state index in [1.807, 2.05) is 0 Å². The van der Waals surface area contributed by atoms with E-state index >= 15 is 0 Å². The van der Waals surface area contributed by atoms with E-state index < -0.39 is 20.2 Å². The van der Waals surface area contributed by atoms with Gasteiger partial charge in [-0.3, -0.25) is 0 Å². The molecule has 2 nitrogen and oxygen atoms in total. The van der Waals surface area contributed by atoms with Crippen molar-refractivity contribution in [2.75, 3.05) is 0 Å². The van der Waals surface area contributed by atoms with Gasteiger partial charge >= 0.3 is 5.97 Å². The molecule has 0 rings (SSSR count). The largest absolute Gasteiger partial charge is 0.440 e. The Labute approximate surface area is 98.9 Å². The molecule has 0 aliphatic heterocycles. The summed E-state index contributed by atoms with van der Waals surface area (Å²) in [4.78, 5) is 9.68. The number of halogens is 6. The molecule has 1 unspecified atom stereocenters. The van der Waals surface area contributed by atoms with Crippen molar-refractivity contribution in [3.05, 3.63) is 0 Å². The van der Waals surface area contributed by atoms with Crippen molar-refractivity contribution in [1.29, 1.82) is 0 Å². The highest BCUT2D eigenvalue weighted by molar-refractivity contribution is 6.75. The molecule has 0 heterocycles. The van der Waals surface area contributed by atoms with Crippen LogP contribution < -0.4 is 0 Å².